The molecule has 1 amide bonds. The second-order valence-corrected chi connectivity index (χ2v) is 13.0. The van der Waals surface area contributed by atoms with Crippen LogP contribution in [0.4, 0.5) is 17.6 Å². The zero-order valence-corrected chi connectivity index (χ0v) is 31.1. The molecule has 0 radical (unpaired) electrons. The van der Waals surface area contributed by atoms with Gasteiger partial charge in [-0.1, -0.05) is 48.5 Å². The van der Waals surface area contributed by atoms with Gasteiger partial charge in [0.25, 0.3) is 0 Å². The van der Waals surface area contributed by atoms with E-state index >= 15 is 0 Å². The van der Waals surface area contributed by atoms with Crippen LogP contribution in [0.5, 0.6) is 11.5 Å². The fourth-order valence-corrected chi connectivity index (χ4v) is 6.43. The number of ketones is 2. The van der Waals surface area contributed by atoms with E-state index in [-0.39, 0.29) is 28.5 Å². The lowest BCUT2D eigenvalue weighted by Crippen LogP contribution is -2.39. The molecule has 7 rings (SSSR count). The highest BCUT2D eigenvalue weighted by Gasteiger charge is 2.47. The predicted octanol–water partition coefficient (Wildman–Crippen LogP) is 7.73. The molecule has 2 N–H and O–H groups in total. The first-order chi connectivity index (χ1) is 27.8. The van der Waals surface area contributed by atoms with Crippen molar-refractivity contribution < 1.29 is 41.4 Å². The van der Waals surface area contributed by atoms with Crippen molar-refractivity contribution in [2.45, 2.75) is 32.5 Å². The van der Waals surface area contributed by atoms with Crippen LogP contribution in [0.2, 0.25) is 0 Å². The van der Waals surface area contributed by atoms with E-state index in [1.807, 2.05) is 24.3 Å². The van der Waals surface area contributed by atoms with E-state index in [2.05, 4.69) is 29.4 Å². The van der Waals surface area contributed by atoms with Crippen LogP contribution in [0.25, 0.3) is 22.3 Å². The number of halogens is 4. The van der Waals surface area contributed by atoms with Crippen LogP contribution in [0.3, 0.4) is 0 Å². The molecule has 0 bridgehead atoms. The minimum Gasteiger partial charge on any atom is -0.435 e. The zero-order chi connectivity index (χ0) is 41.6. The van der Waals surface area contributed by atoms with E-state index in [0.717, 1.165) is 11.1 Å². The van der Waals surface area contributed by atoms with Crippen LogP contribution in [0, 0.1) is 13.8 Å². The highest BCUT2D eigenvalue weighted by Crippen LogP contribution is 2.43. The summed E-state index contributed by atoms with van der Waals surface area (Å²) in [5, 5.41) is 0. The molecule has 3 heterocycles. The van der Waals surface area contributed by atoms with Gasteiger partial charge in [0.1, 0.15) is 35.4 Å². The van der Waals surface area contributed by atoms with Gasteiger partial charge in [-0.15, -0.1) is 0 Å². The van der Waals surface area contributed by atoms with Crippen LogP contribution in [0.1, 0.15) is 43.0 Å². The van der Waals surface area contributed by atoms with Crippen LogP contribution in [-0.2, 0) is 10.2 Å². The Bertz CT molecular complexity index is 2510. The number of Topliss-reactive ketones (excluding diaryl/α,β-unsaturated/α-hetero) is 2. The molecule has 1 atom stereocenters. The molecule has 0 aliphatic carbocycles. The molecule has 4 aromatic carbocycles. The molecule has 11 nitrogen and oxygen atoms in total. The average molecular weight is 791 g/mol. The standard InChI is InChI=1S/C23H20F2N4O2.C20H14F2N2O3/c1-14-8-18(6-7-19(14)31-22(24)25)23(10-20(26)29(2)21(23)30)17-5-3-4-15(9-17)16-11-27-13-28-12-16;1-12-7-15(5-6-17(12)27-20(21)22)19(26)18(25)14-4-2-3-13(8-14)16-9-23-11-24-10-16/h3-13,22H,26H2,1-2H3;2-11,20H,1H3. The first-order valence-electron chi connectivity index (χ1n) is 17.5. The number of rotatable bonds is 11. The molecule has 58 heavy (non-hydrogen) atoms. The van der Waals surface area contributed by atoms with Crippen molar-refractivity contribution in [3.8, 4) is 33.8 Å². The van der Waals surface area contributed by atoms with E-state index in [4.69, 9.17) is 5.73 Å². The topological polar surface area (TPSA) is 150 Å². The molecule has 0 saturated carbocycles. The minimum atomic E-state index is -2.96. The smallest absolute Gasteiger partial charge is 0.387 e. The van der Waals surface area contributed by atoms with Crippen molar-refractivity contribution >= 4 is 17.5 Å². The number of nitrogens with two attached hydrogens (primary N) is 1. The molecule has 294 valence electrons. The summed E-state index contributed by atoms with van der Waals surface area (Å²) >= 11 is 0. The first-order valence-corrected chi connectivity index (χ1v) is 17.5. The Morgan fingerprint density at radius 1 is 0.638 bits per heavy atom. The number of ether oxygens (including phenoxy) is 2. The molecule has 6 aromatic rings. The van der Waals surface area contributed by atoms with Crippen molar-refractivity contribution in [3.63, 3.8) is 0 Å². The SMILES string of the molecule is Cc1cc(C(=O)C(=O)c2cccc(-c3cncnc3)c2)ccc1OC(F)F.Cc1cc(C2(c3cccc(-c4cncnc4)c3)C=C(N)N(C)C2=O)ccc1OC(F)F. The minimum absolute atomic E-state index is 0.0416. The maximum Gasteiger partial charge on any atom is 0.387 e. The average Bonchev–Trinajstić information content (AvgIpc) is 3.46. The second kappa shape index (κ2) is 17.2. The fraction of sp³-hybridized carbons (Fsp3) is 0.140. The lowest BCUT2D eigenvalue weighted by atomic mass is 9.73. The summed E-state index contributed by atoms with van der Waals surface area (Å²) in [6.45, 7) is -2.72. The number of benzene rings is 4. The highest BCUT2D eigenvalue weighted by molar-refractivity contribution is 6.49. The number of carbonyl (C=O) groups is 3. The summed E-state index contributed by atoms with van der Waals surface area (Å²) in [7, 11) is 1.60. The number of alkyl halides is 4. The predicted molar refractivity (Wildman–Crippen MR) is 205 cm³/mol. The fourth-order valence-electron chi connectivity index (χ4n) is 6.43. The van der Waals surface area contributed by atoms with Gasteiger partial charge in [-0.25, -0.2) is 19.9 Å². The number of likely N-dealkylation sites (N-methyl/N-ethyl adjacent to an activating group) is 1. The summed E-state index contributed by atoms with van der Waals surface area (Å²) in [4.78, 5) is 55.9. The first kappa shape index (κ1) is 40.4. The van der Waals surface area contributed by atoms with Crippen LogP contribution in [-0.4, -0.2) is 62.6 Å². The number of hydrogen-bond acceptors (Lipinski definition) is 10. The van der Waals surface area contributed by atoms with Crippen LogP contribution >= 0.6 is 0 Å². The summed E-state index contributed by atoms with van der Waals surface area (Å²) in [6.07, 6.45) is 11.1. The van der Waals surface area contributed by atoms with Gasteiger partial charge in [0.05, 0.1) is 0 Å². The number of aryl methyl sites for hydroxylation is 2. The molecule has 2 aromatic heterocycles. The number of amides is 1. The molecule has 1 aliphatic heterocycles. The van der Waals surface area contributed by atoms with Gasteiger partial charge >= 0.3 is 13.2 Å². The third-order valence-electron chi connectivity index (χ3n) is 9.33. The third kappa shape index (κ3) is 8.58. The maximum absolute atomic E-state index is 13.5. The van der Waals surface area contributed by atoms with Crippen LogP contribution in [0.15, 0.2) is 134 Å². The van der Waals surface area contributed by atoms with Gasteiger partial charge in [0.2, 0.25) is 17.5 Å². The van der Waals surface area contributed by atoms with Crippen molar-refractivity contribution in [1.29, 1.82) is 0 Å². The quantitative estimate of drug-likeness (QED) is 0.0785. The lowest BCUT2D eigenvalue weighted by Gasteiger charge is -2.29. The largest absolute Gasteiger partial charge is 0.435 e. The third-order valence-corrected chi connectivity index (χ3v) is 9.33. The van der Waals surface area contributed by atoms with Gasteiger partial charge < -0.3 is 20.1 Å². The number of hydrogen-bond donors (Lipinski definition) is 1. The molecular weight excluding hydrogens is 757 g/mol. The molecule has 1 aliphatic rings. The molecule has 0 saturated heterocycles. The summed E-state index contributed by atoms with van der Waals surface area (Å²) in [5.41, 5.74) is 10.4. The number of aromatic nitrogens is 4. The number of nitrogens with zero attached hydrogens (tertiary/aromatic N) is 5. The Labute approximate surface area is 329 Å². The molecular formula is C43H34F4N6O5. The molecule has 0 spiro atoms. The van der Waals surface area contributed by atoms with Crippen molar-refractivity contribution in [2.75, 3.05) is 7.05 Å². The lowest BCUT2D eigenvalue weighted by molar-refractivity contribution is -0.129. The van der Waals surface area contributed by atoms with Gasteiger partial charge in [0, 0.05) is 54.1 Å². The molecule has 15 heteroatoms. The maximum atomic E-state index is 13.5. The Morgan fingerprint density at radius 2 is 1.12 bits per heavy atom. The van der Waals surface area contributed by atoms with Crippen molar-refractivity contribution in [3.05, 3.63) is 168 Å². The Balaban J connectivity index is 0.000000198. The summed E-state index contributed by atoms with van der Waals surface area (Å²) < 4.78 is 59.0. The molecule has 0 fully saturated rings. The Kier molecular flexibility index (Phi) is 12.0. The van der Waals surface area contributed by atoms with Crippen molar-refractivity contribution in [2.24, 2.45) is 5.73 Å². The monoisotopic (exact) mass is 790 g/mol. The second-order valence-electron chi connectivity index (χ2n) is 13.0. The van der Waals surface area contributed by atoms with E-state index in [0.29, 0.717) is 39.2 Å². The zero-order valence-electron chi connectivity index (χ0n) is 31.1. The normalized spacial score (nSPS) is 14.8. The Morgan fingerprint density at radius 3 is 1.62 bits per heavy atom. The summed E-state index contributed by atoms with van der Waals surface area (Å²) in [5.74, 6) is -1.35. The summed E-state index contributed by atoms with van der Waals surface area (Å²) in [6, 6.07) is 22.7. The van der Waals surface area contributed by atoms with Crippen molar-refractivity contribution in [1.82, 2.24) is 24.8 Å². The van der Waals surface area contributed by atoms with E-state index in [1.165, 1.54) is 54.8 Å². The van der Waals surface area contributed by atoms with E-state index in [1.54, 1.807) is 75.2 Å². The van der Waals surface area contributed by atoms with Gasteiger partial charge in [0.15, 0.2) is 0 Å². The Hall–Kier alpha value is -7.29. The van der Waals surface area contributed by atoms with Gasteiger partial charge in [-0.2, -0.15) is 17.6 Å². The molecule has 1 unspecified atom stereocenters. The number of carbonyl (C=O) groups excluding carboxylic acids is 3. The van der Waals surface area contributed by atoms with E-state index in [9.17, 15) is 31.9 Å². The van der Waals surface area contributed by atoms with E-state index < -0.39 is 30.2 Å². The van der Waals surface area contributed by atoms with Crippen LogP contribution < -0.4 is 15.2 Å². The highest BCUT2D eigenvalue weighted by atomic mass is 19.3. The van der Waals surface area contributed by atoms with Gasteiger partial charge in [-0.05, 0) is 89.7 Å². The van der Waals surface area contributed by atoms with Gasteiger partial charge in [-0.3, -0.25) is 14.4 Å².